The third-order valence-electron chi connectivity index (χ3n) is 7.87. The van der Waals surface area contributed by atoms with E-state index in [0.29, 0.717) is 30.2 Å². The fourth-order valence-corrected chi connectivity index (χ4v) is 6.56. The zero-order valence-corrected chi connectivity index (χ0v) is 14.9. The molecule has 4 aliphatic carbocycles. The molecule has 2 nitrogen and oxygen atoms in total. The first-order valence-electron chi connectivity index (χ1n) is 9.43. The molecule has 0 saturated heterocycles. The van der Waals surface area contributed by atoms with Gasteiger partial charge in [-0.05, 0) is 72.8 Å². The molecule has 0 radical (unpaired) electrons. The van der Waals surface area contributed by atoms with Gasteiger partial charge >= 0.3 is 0 Å². The van der Waals surface area contributed by atoms with Crippen LogP contribution in [0.4, 0.5) is 8.78 Å². The number of carbonyl (C=O) groups is 1. The van der Waals surface area contributed by atoms with Gasteiger partial charge in [-0.15, -0.1) is 0 Å². The van der Waals surface area contributed by atoms with Crippen LogP contribution in [0, 0.1) is 28.6 Å². The molecule has 1 N–H and O–H groups in total. The average Bonchev–Trinajstić information content (AvgIpc) is 2.84. The monoisotopic (exact) mass is 348 g/mol. The van der Waals surface area contributed by atoms with Gasteiger partial charge in [0.25, 0.3) is 0 Å². The van der Waals surface area contributed by atoms with E-state index in [1.165, 1.54) is 0 Å². The van der Waals surface area contributed by atoms with Crippen LogP contribution in [0.1, 0.15) is 52.4 Å². The fourth-order valence-electron chi connectivity index (χ4n) is 6.56. The van der Waals surface area contributed by atoms with Gasteiger partial charge in [0.1, 0.15) is 6.10 Å². The Labute approximate surface area is 147 Å². The lowest BCUT2D eigenvalue weighted by Gasteiger charge is -2.57. The number of carbonyl (C=O) groups excluding carboxylic acids is 1. The van der Waals surface area contributed by atoms with Gasteiger partial charge in [-0.3, -0.25) is 4.79 Å². The zero-order valence-electron chi connectivity index (χ0n) is 14.9. The molecule has 0 aliphatic heterocycles. The summed E-state index contributed by atoms with van der Waals surface area (Å²) in [6.45, 7) is 4.10. The Balaban J connectivity index is 1.88. The van der Waals surface area contributed by atoms with Crippen LogP contribution >= 0.6 is 0 Å². The van der Waals surface area contributed by atoms with Crippen molar-refractivity contribution in [2.24, 2.45) is 28.6 Å². The van der Waals surface area contributed by atoms with Crippen molar-refractivity contribution in [3.63, 3.8) is 0 Å². The molecule has 0 spiro atoms. The highest BCUT2D eigenvalue weighted by atomic mass is 19.1. The van der Waals surface area contributed by atoms with Crippen molar-refractivity contribution >= 4 is 5.78 Å². The molecule has 0 bridgehead atoms. The standard InChI is InChI=1S/C21H26F2O2/c1-20-7-4-3-5-14(20)12(10-22)13(11-23)18-15(20)6-8-21(2)16(18)9-17(24)19(21)25/h5,10-11,15-18,24H,3-4,6-9H2,1-2H3/t15-,16+,17?,18-,20+,21+/m1/s1. The van der Waals surface area contributed by atoms with Gasteiger partial charge in [-0.25, -0.2) is 8.78 Å². The third kappa shape index (κ3) is 2.06. The van der Waals surface area contributed by atoms with E-state index >= 15 is 0 Å². The van der Waals surface area contributed by atoms with Crippen LogP contribution in [0.25, 0.3) is 0 Å². The average molecular weight is 348 g/mol. The van der Waals surface area contributed by atoms with Crippen molar-refractivity contribution in [2.45, 2.75) is 58.5 Å². The molecule has 0 amide bonds. The predicted octanol–water partition coefficient (Wildman–Crippen LogP) is 4.81. The summed E-state index contributed by atoms with van der Waals surface area (Å²) in [5.41, 5.74) is 0.924. The van der Waals surface area contributed by atoms with Gasteiger partial charge in [-0.1, -0.05) is 19.9 Å². The smallest absolute Gasteiger partial charge is 0.167 e. The van der Waals surface area contributed by atoms with Gasteiger partial charge in [0.05, 0.1) is 12.7 Å². The predicted molar refractivity (Wildman–Crippen MR) is 91.9 cm³/mol. The number of fused-ring (bicyclic) bond motifs is 5. The van der Waals surface area contributed by atoms with Crippen LogP contribution < -0.4 is 0 Å². The number of ketones is 1. The highest BCUT2D eigenvalue weighted by molar-refractivity contribution is 5.91. The maximum atomic E-state index is 14.0. The Hall–Kier alpha value is -1.29. The van der Waals surface area contributed by atoms with E-state index in [1.54, 1.807) is 0 Å². The number of halogens is 2. The normalized spacial score (nSPS) is 49.6. The molecule has 1 unspecified atom stereocenters. The number of rotatable bonds is 0. The Kier molecular flexibility index (Phi) is 3.84. The van der Waals surface area contributed by atoms with Crippen molar-refractivity contribution in [1.29, 1.82) is 0 Å². The van der Waals surface area contributed by atoms with Gasteiger partial charge in [0.15, 0.2) is 5.78 Å². The summed E-state index contributed by atoms with van der Waals surface area (Å²) in [4.78, 5) is 12.6. The quantitative estimate of drug-likeness (QED) is 0.682. The summed E-state index contributed by atoms with van der Waals surface area (Å²) in [5, 5.41) is 10.2. The van der Waals surface area contributed by atoms with Crippen LogP contribution in [0.15, 0.2) is 35.5 Å². The molecule has 4 aliphatic rings. The number of hydrogen-bond acceptors (Lipinski definition) is 2. The second-order valence-electron chi connectivity index (χ2n) is 8.83. The number of aliphatic hydroxyl groups excluding tert-OH is 1. The maximum Gasteiger partial charge on any atom is 0.167 e. The summed E-state index contributed by atoms with van der Waals surface area (Å²) < 4.78 is 27.9. The van der Waals surface area contributed by atoms with Gasteiger partial charge in [0, 0.05) is 11.0 Å². The molecule has 4 heteroatoms. The van der Waals surface area contributed by atoms with Crippen molar-refractivity contribution in [3.05, 3.63) is 35.5 Å². The van der Waals surface area contributed by atoms with E-state index in [9.17, 15) is 18.7 Å². The summed E-state index contributed by atoms with van der Waals surface area (Å²) in [5.74, 6) is -0.242. The number of allylic oxidation sites excluding steroid dienone is 4. The largest absolute Gasteiger partial charge is 0.385 e. The highest BCUT2D eigenvalue weighted by Gasteiger charge is 2.63. The Bertz CT molecular complexity index is 707. The van der Waals surface area contributed by atoms with E-state index in [1.807, 2.05) is 6.92 Å². The molecule has 4 rings (SSSR count). The minimum Gasteiger partial charge on any atom is -0.385 e. The first-order chi connectivity index (χ1) is 11.9. The minimum absolute atomic E-state index is 0.116. The first-order valence-corrected chi connectivity index (χ1v) is 9.43. The second kappa shape index (κ2) is 5.60. The first kappa shape index (κ1) is 17.1. The number of hydrogen-bond donors (Lipinski definition) is 1. The fraction of sp³-hybridized carbons (Fsp3) is 0.667. The summed E-state index contributed by atoms with van der Waals surface area (Å²) in [6, 6.07) is 0. The molecule has 3 saturated carbocycles. The maximum absolute atomic E-state index is 14.0. The molecule has 0 heterocycles. The molecule has 0 aromatic rings. The molecule has 3 fully saturated rings. The highest BCUT2D eigenvalue weighted by Crippen LogP contribution is 2.67. The van der Waals surface area contributed by atoms with E-state index in [4.69, 9.17) is 0 Å². The lowest BCUT2D eigenvalue weighted by molar-refractivity contribution is -0.135. The molecular weight excluding hydrogens is 322 g/mol. The summed E-state index contributed by atoms with van der Waals surface area (Å²) >= 11 is 0. The van der Waals surface area contributed by atoms with E-state index in [0.717, 1.165) is 37.7 Å². The molecule has 136 valence electrons. The van der Waals surface area contributed by atoms with Crippen LogP contribution in [0.5, 0.6) is 0 Å². The Morgan fingerprint density at radius 1 is 1.16 bits per heavy atom. The van der Waals surface area contributed by atoms with Crippen molar-refractivity contribution in [2.75, 3.05) is 0 Å². The van der Waals surface area contributed by atoms with Crippen LogP contribution in [0.3, 0.4) is 0 Å². The molecule has 0 aromatic heterocycles. The summed E-state index contributed by atoms with van der Waals surface area (Å²) in [6.07, 6.45) is 7.06. The number of aliphatic hydroxyl groups is 1. The minimum atomic E-state index is -0.969. The topological polar surface area (TPSA) is 37.3 Å². The van der Waals surface area contributed by atoms with Crippen molar-refractivity contribution in [3.8, 4) is 0 Å². The van der Waals surface area contributed by atoms with Gasteiger partial charge in [0.2, 0.25) is 0 Å². The molecule has 25 heavy (non-hydrogen) atoms. The lowest BCUT2D eigenvalue weighted by atomic mass is 9.45. The van der Waals surface area contributed by atoms with E-state index in [2.05, 4.69) is 13.0 Å². The van der Waals surface area contributed by atoms with Crippen LogP contribution in [-0.2, 0) is 4.79 Å². The van der Waals surface area contributed by atoms with Crippen LogP contribution in [-0.4, -0.2) is 17.0 Å². The van der Waals surface area contributed by atoms with Gasteiger partial charge < -0.3 is 5.11 Å². The Morgan fingerprint density at radius 3 is 2.60 bits per heavy atom. The lowest BCUT2D eigenvalue weighted by Crippen LogP contribution is -2.51. The van der Waals surface area contributed by atoms with Crippen molar-refractivity contribution in [1.82, 2.24) is 0 Å². The SMILES string of the molecule is C[C@]12CCCC=C1C(=CF)C(=CF)[C@@H]1[C@H]2CC[C@]2(C)C(=O)C(O)C[C@@H]12. The molecular formula is C21H26F2O2. The van der Waals surface area contributed by atoms with Crippen molar-refractivity contribution < 1.29 is 18.7 Å². The zero-order chi connectivity index (χ0) is 18.0. The molecule has 6 atom stereocenters. The van der Waals surface area contributed by atoms with Gasteiger partial charge in [-0.2, -0.15) is 0 Å². The number of Topliss-reactive ketones (excluding diaryl/α,β-unsaturated/α-hetero) is 1. The second-order valence-corrected chi connectivity index (χ2v) is 8.83. The van der Waals surface area contributed by atoms with E-state index < -0.39 is 11.5 Å². The Morgan fingerprint density at radius 2 is 1.92 bits per heavy atom. The third-order valence-corrected chi connectivity index (χ3v) is 7.87. The molecule has 0 aromatic carbocycles. The van der Waals surface area contributed by atoms with E-state index in [-0.39, 0.29) is 29.0 Å². The van der Waals surface area contributed by atoms with Crippen LogP contribution in [0.2, 0.25) is 0 Å². The summed E-state index contributed by atoms with van der Waals surface area (Å²) in [7, 11) is 0.